The largest absolute Gasteiger partial charge is 0.455 e. The smallest absolute Gasteiger partial charge is 0.143 e. The van der Waals surface area contributed by atoms with Gasteiger partial charge in [-0.05, 0) is 114 Å². The molecule has 0 N–H and O–H groups in total. The molecule has 2 aromatic heterocycles. The summed E-state index contributed by atoms with van der Waals surface area (Å²) in [6.07, 6.45) is 0. The molecule has 0 aliphatic rings. The van der Waals surface area contributed by atoms with Gasteiger partial charge >= 0.3 is 0 Å². The molecule has 58 heavy (non-hydrogen) atoms. The molecule has 278 valence electrons. The average Bonchev–Trinajstić information content (AvgIpc) is 3.92. The molecule has 0 saturated heterocycles. The molecule has 0 aliphatic heterocycles. The molecule has 0 radical (unpaired) electrons. The maximum Gasteiger partial charge on any atom is 0.143 e. The minimum absolute atomic E-state index is 0.0226. The molecule has 11 aromatic rings. The first-order chi connectivity index (χ1) is 32.6. The Morgan fingerprint density at radius 1 is 0.379 bits per heavy atom. The lowest BCUT2D eigenvalue weighted by molar-refractivity contribution is 0.669. The SMILES string of the molecule is [2H]c1c([2H])c([2H])c(-c2c3cc(-c4cccc5c4oc4ccccc45)c(C(C)C)cc3c(-c3c([2H])c([2H])c([2H])c([2H])c3[2H])c3cc(-c4cccc5c4oc4ccccc45)c(C(C)C)cc23)c([2H])c1[2H]. The molecule has 2 nitrogen and oxygen atoms in total. The van der Waals surface area contributed by atoms with Crippen LogP contribution in [0.5, 0.6) is 0 Å². The van der Waals surface area contributed by atoms with Gasteiger partial charge in [0.25, 0.3) is 0 Å². The third-order valence-electron chi connectivity index (χ3n) is 11.6. The molecule has 0 atom stereocenters. The van der Waals surface area contributed by atoms with Crippen LogP contribution in [0.1, 0.15) is 64.4 Å². The van der Waals surface area contributed by atoms with Gasteiger partial charge in [0.2, 0.25) is 0 Å². The van der Waals surface area contributed by atoms with Crippen LogP contribution in [0.4, 0.5) is 0 Å². The van der Waals surface area contributed by atoms with Crippen molar-refractivity contribution in [3.63, 3.8) is 0 Å². The number of para-hydroxylation sites is 4. The summed E-state index contributed by atoms with van der Waals surface area (Å²) in [5.41, 5.74) is 8.20. The van der Waals surface area contributed by atoms with E-state index < -0.39 is 60.4 Å². The Balaban J connectivity index is 1.41. The second-order valence-corrected chi connectivity index (χ2v) is 15.6. The minimum atomic E-state index is -0.531. The van der Waals surface area contributed by atoms with E-state index in [2.05, 4.69) is 27.7 Å². The molecular formula is C56H42O2. The Labute approximate surface area is 352 Å². The zero-order valence-electron chi connectivity index (χ0n) is 42.4. The second-order valence-electron chi connectivity index (χ2n) is 15.6. The third-order valence-corrected chi connectivity index (χ3v) is 11.6. The lowest BCUT2D eigenvalue weighted by Gasteiger charge is -2.24. The summed E-state index contributed by atoms with van der Waals surface area (Å²) in [7, 11) is 0. The van der Waals surface area contributed by atoms with Crippen molar-refractivity contribution in [2.24, 2.45) is 0 Å². The van der Waals surface area contributed by atoms with Crippen LogP contribution in [0.3, 0.4) is 0 Å². The Morgan fingerprint density at radius 3 is 1.17 bits per heavy atom. The molecule has 0 aliphatic carbocycles. The zero-order chi connectivity index (χ0) is 47.8. The minimum Gasteiger partial charge on any atom is -0.455 e. The van der Waals surface area contributed by atoms with Crippen molar-refractivity contribution in [2.75, 3.05) is 0 Å². The topological polar surface area (TPSA) is 26.3 Å². The Bertz CT molecular complexity index is 3680. The van der Waals surface area contributed by atoms with E-state index in [0.717, 1.165) is 54.9 Å². The van der Waals surface area contributed by atoms with Crippen molar-refractivity contribution in [3.8, 4) is 44.5 Å². The highest BCUT2D eigenvalue weighted by molar-refractivity contribution is 6.24. The van der Waals surface area contributed by atoms with E-state index in [9.17, 15) is 5.48 Å². The van der Waals surface area contributed by atoms with Crippen LogP contribution >= 0.6 is 0 Å². The number of benzene rings is 9. The van der Waals surface area contributed by atoms with Crippen LogP contribution in [-0.4, -0.2) is 0 Å². The van der Waals surface area contributed by atoms with Crippen LogP contribution in [0, 0.1) is 0 Å². The van der Waals surface area contributed by atoms with Gasteiger partial charge in [-0.25, -0.2) is 0 Å². The van der Waals surface area contributed by atoms with Gasteiger partial charge in [0.15, 0.2) is 0 Å². The standard InChI is InChI=1S/C56H42O2/c1-33(2)43-29-47-49(31-45(43)41-25-15-23-39-37-21-11-13-27-51(37)57-55(39)41)54(36-19-9-6-10-20-36)48-30-44(34(3)4)46(32-50(48)53(47)35-17-7-5-8-18-35)42-26-16-24-40-38-22-12-14-28-52(38)58-56(40)42/h5-34H,1-4H3/i5D,6D,7D,8D,9D,10D,17D,18D,19D,20D. The summed E-state index contributed by atoms with van der Waals surface area (Å²) in [6.45, 7) is 8.25. The second kappa shape index (κ2) is 13.4. The predicted molar refractivity (Wildman–Crippen MR) is 246 cm³/mol. The monoisotopic (exact) mass is 756 g/mol. The number of furan rings is 2. The van der Waals surface area contributed by atoms with Gasteiger partial charge in [-0.15, -0.1) is 0 Å². The van der Waals surface area contributed by atoms with Crippen LogP contribution in [0.25, 0.3) is 110 Å². The lowest BCUT2D eigenvalue weighted by Crippen LogP contribution is -1.99. The lowest BCUT2D eigenvalue weighted by atomic mass is 9.79. The normalized spacial score (nSPS) is 14.5. The Morgan fingerprint density at radius 2 is 0.759 bits per heavy atom. The van der Waals surface area contributed by atoms with Gasteiger partial charge in [-0.1, -0.05) is 161 Å². The van der Waals surface area contributed by atoms with Gasteiger partial charge in [0.05, 0.1) is 13.7 Å². The number of fused-ring (bicyclic) bond motifs is 8. The van der Waals surface area contributed by atoms with E-state index in [1.807, 2.05) is 109 Å². The van der Waals surface area contributed by atoms with Crippen molar-refractivity contribution in [3.05, 3.63) is 181 Å². The average molecular weight is 757 g/mol. The highest BCUT2D eigenvalue weighted by Crippen LogP contribution is 2.50. The molecule has 2 heterocycles. The maximum atomic E-state index is 9.51. The van der Waals surface area contributed by atoms with Gasteiger partial charge in [-0.3, -0.25) is 0 Å². The molecule has 0 bridgehead atoms. The van der Waals surface area contributed by atoms with E-state index in [-0.39, 0.29) is 23.0 Å². The summed E-state index contributed by atoms with van der Waals surface area (Å²) < 4.78 is 104. The van der Waals surface area contributed by atoms with Crippen molar-refractivity contribution in [1.29, 1.82) is 0 Å². The highest BCUT2D eigenvalue weighted by atomic mass is 16.3. The summed E-state index contributed by atoms with van der Waals surface area (Å²) >= 11 is 0. The van der Waals surface area contributed by atoms with Crippen LogP contribution in [0.2, 0.25) is 0 Å². The summed E-state index contributed by atoms with van der Waals surface area (Å²) in [5, 5.41) is 5.59. The molecule has 0 amide bonds. The quantitative estimate of drug-likeness (QED) is 0.158. The summed E-state index contributed by atoms with van der Waals surface area (Å²) in [5.74, 6) is -0.266. The summed E-state index contributed by atoms with van der Waals surface area (Å²) in [4.78, 5) is 0. The number of hydrogen-bond donors (Lipinski definition) is 0. The van der Waals surface area contributed by atoms with Crippen molar-refractivity contribution in [1.82, 2.24) is 0 Å². The van der Waals surface area contributed by atoms with Crippen molar-refractivity contribution in [2.45, 2.75) is 39.5 Å². The van der Waals surface area contributed by atoms with Crippen molar-refractivity contribution < 1.29 is 22.5 Å². The Hall–Kier alpha value is -6.90. The van der Waals surface area contributed by atoms with E-state index in [0.29, 0.717) is 55.0 Å². The van der Waals surface area contributed by atoms with Crippen LogP contribution in [-0.2, 0) is 0 Å². The first-order valence-electron chi connectivity index (χ1n) is 24.7. The van der Waals surface area contributed by atoms with E-state index >= 15 is 0 Å². The molecule has 0 saturated carbocycles. The fourth-order valence-electron chi connectivity index (χ4n) is 8.98. The van der Waals surface area contributed by atoms with Gasteiger partial charge in [0.1, 0.15) is 22.3 Å². The fourth-order valence-corrected chi connectivity index (χ4v) is 8.98. The maximum absolute atomic E-state index is 9.51. The molecule has 11 rings (SSSR count). The zero-order valence-corrected chi connectivity index (χ0v) is 32.4. The number of rotatable bonds is 6. The molecule has 9 aromatic carbocycles. The highest BCUT2D eigenvalue weighted by Gasteiger charge is 2.25. The molecular weight excluding hydrogens is 705 g/mol. The molecule has 0 unspecified atom stereocenters. The van der Waals surface area contributed by atoms with Gasteiger partial charge in [-0.2, -0.15) is 0 Å². The number of hydrogen-bond acceptors (Lipinski definition) is 2. The van der Waals surface area contributed by atoms with Crippen LogP contribution in [0.15, 0.2) is 178 Å². The van der Waals surface area contributed by atoms with Crippen molar-refractivity contribution >= 4 is 65.4 Å². The van der Waals surface area contributed by atoms with Crippen LogP contribution < -0.4 is 0 Å². The van der Waals surface area contributed by atoms with E-state index in [1.165, 1.54) is 0 Å². The van der Waals surface area contributed by atoms with Gasteiger partial charge in [0, 0.05) is 32.7 Å². The van der Waals surface area contributed by atoms with Gasteiger partial charge < -0.3 is 8.83 Å². The fraction of sp³-hybridized carbons (Fsp3) is 0.107. The van der Waals surface area contributed by atoms with E-state index in [1.54, 1.807) is 0 Å². The molecule has 0 fully saturated rings. The first-order valence-corrected chi connectivity index (χ1v) is 19.7. The predicted octanol–water partition coefficient (Wildman–Crippen LogP) is 16.7. The Kier molecular flexibility index (Phi) is 5.84. The van der Waals surface area contributed by atoms with E-state index in [4.69, 9.17) is 17.1 Å². The first kappa shape index (κ1) is 25.4. The molecule has 0 spiro atoms. The molecule has 2 heteroatoms. The summed E-state index contributed by atoms with van der Waals surface area (Å²) in [6, 6.07) is 30.9. The third kappa shape index (κ3) is 5.25.